The third-order valence-electron chi connectivity index (χ3n) is 9.22. The van der Waals surface area contributed by atoms with Crippen LogP contribution in [0.2, 0.25) is 0 Å². The Hall–Kier alpha value is -5.48. The number of amides is 2. The summed E-state index contributed by atoms with van der Waals surface area (Å²) in [4.78, 5) is 44.1. The number of carbonyl (C=O) groups excluding carboxylic acids is 2. The number of hydrogen-bond donors (Lipinski definition) is 1. The number of hydrogen-bond acceptors (Lipinski definition) is 8. The molecule has 254 valence electrons. The van der Waals surface area contributed by atoms with Gasteiger partial charge in [0.1, 0.15) is 40.2 Å². The summed E-state index contributed by atoms with van der Waals surface area (Å²) in [6.07, 6.45) is 6.12. The van der Waals surface area contributed by atoms with Gasteiger partial charge >= 0.3 is 6.09 Å². The van der Waals surface area contributed by atoms with Crippen LogP contribution in [0.5, 0.6) is 11.5 Å². The molecule has 2 amide bonds. The first kappa shape index (κ1) is 33.4. The summed E-state index contributed by atoms with van der Waals surface area (Å²) in [5.41, 5.74) is 6.87. The fourth-order valence-corrected chi connectivity index (χ4v) is 6.64. The minimum Gasteiger partial charge on any atom is -0.457 e. The van der Waals surface area contributed by atoms with E-state index in [4.69, 9.17) is 26.8 Å². The average Bonchev–Trinajstić information content (AvgIpc) is 3.51. The van der Waals surface area contributed by atoms with Crippen LogP contribution in [0.3, 0.4) is 0 Å². The van der Waals surface area contributed by atoms with E-state index in [1.807, 2.05) is 36.4 Å². The van der Waals surface area contributed by atoms with E-state index in [0.29, 0.717) is 74.2 Å². The van der Waals surface area contributed by atoms with Gasteiger partial charge in [0.25, 0.3) is 5.91 Å². The Morgan fingerprint density at radius 1 is 1.06 bits per heavy atom. The molecule has 0 aliphatic carbocycles. The van der Waals surface area contributed by atoms with Crippen LogP contribution >= 0.6 is 0 Å². The van der Waals surface area contributed by atoms with Crippen LogP contribution in [0.15, 0.2) is 72.7 Å². The van der Waals surface area contributed by atoms with E-state index in [-0.39, 0.29) is 35.0 Å². The number of halogens is 1. The molecule has 2 fully saturated rings. The third-order valence-corrected chi connectivity index (χ3v) is 9.22. The first-order valence-electron chi connectivity index (χ1n) is 16.2. The van der Waals surface area contributed by atoms with Gasteiger partial charge in [-0.05, 0) is 51.0 Å². The van der Waals surface area contributed by atoms with Gasteiger partial charge < -0.3 is 25.0 Å². The summed E-state index contributed by atoms with van der Waals surface area (Å²) >= 11 is 0. The number of carbonyl (C=O) groups is 2. The molecule has 4 aromatic rings. The topological polar surface area (TPSA) is 123 Å². The smallest absolute Gasteiger partial charge is 0.409 e. The number of piperazine rings is 1. The quantitative estimate of drug-likeness (QED) is 0.200. The Morgan fingerprint density at radius 3 is 2.51 bits per heavy atom. The van der Waals surface area contributed by atoms with Crippen molar-refractivity contribution in [1.82, 2.24) is 29.1 Å². The minimum absolute atomic E-state index is 0.0445. The average molecular weight is 667 g/mol. The number of nitrogens with zero attached hydrogens (tertiary/aromatic N) is 7. The molecule has 2 N–H and O–H groups in total. The lowest BCUT2D eigenvalue weighted by atomic mass is 9.96. The number of nitrogens with two attached hydrogens (primary N) is 1. The monoisotopic (exact) mass is 666 g/mol. The van der Waals surface area contributed by atoms with Crippen molar-refractivity contribution < 1.29 is 23.5 Å². The van der Waals surface area contributed by atoms with Crippen molar-refractivity contribution in [3.05, 3.63) is 95.8 Å². The number of fused-ring (bicyclic) bond motifs is 1. The van der Waals surface area contributed by atoms with Gasteiger partial charge in [0.05, 0.1) is 13.7 Å². The number of para-hydroxylation sites is 1. The van der Waals surface area contributed by atoms with Crippen molar-refractivity contribution in [3.8, 4) is 22.8 Å². The maximum atomic E-state index is 15.7. The van der Waals surface area contributed by atoms with E-state index in [1.54, 1.807) is 52.5 Å². The predicted molar refractivity (Wildman–Crippen MR) is 182 cm³/mol. The van der Waals surface area contributed by atoms with Crippen LogP contribution in [-0.4, -0.2) is 93.0 Å². The highest BCUT2D eigenvalue weighted by Crippen LogP contribution is 2.36. The molecular formula is C36H39FN8O4. The van der Waals surface area contributed by atoms with Gasteiger partial charge in [-0.2, -0.15) is 0 Å². The van der Waals surface area contributed by atoms with Crippen LogP contribution in [0.25, 0.3) is 21.6 Å². The number of piperidine rings is 1. The van der Waals surface area contributed by atoms with Gasteiger partial charge in [0.15, 0.2) is 0 Å². The molecule has 12 nitrogen and oxygen atoms in total. The lowest BCUT2D eigenvalue weighted by Crippen LogP contribution is -2.55. The van der Waals surface area contributed by atoms with Crippen molar-refractivity contribution in [2.24, 2.45) is 0 Å². The largest absolute Gasteiger partial charge is 0.457 e. The number of aromatic nitrogens is 3. The highest BCUT2D eigenvalue weighted by molar-refractivity contribution is 5.95. The molecular weight excluding hydrogens is 627 g/mol. The number of ether oxygens (including phenoxy) is 2. The van der Waals surface area contributed by atoms with Crippen LogP contribution in [-0.2, 0) is 9.53 Å². The highest BCUT2D eigenvalue weighted by Gasteiger charge is 2.34. The fourth-order valence-electron chi connectivity index (χ4n) is 6.64. The van der Waals surface area contributed by atoms with Crippen LogP contribution in [0.1, 0.15) is 38.4 Å². The molecule has 2 aliphatic heterocycles. The first-order valence-corrected chi connectivity index (χ1v) is 16.2. The normalized spacial score (nSPS) is 17.5. The van der Waals surface area contributed by atoms with E-state index in [2.05, 4.69) is 14.7 Å². The molecule has 0 spiro atoms. The number of imidazole rings is 1. The molecule has 0 radical (unpaired) electrons. The summed E-state index contributed by atoms with van der Waals surface area (Å²) in [6.45, 7) is 14.8. The summed E-state index contributed by atoms with van der Waals surface area (Å²) in [7, 11) is 1.36. The van der Waals surface area contributed by atoms with E-state index in [0.717, 1.165) is 6.42 Å². The van der Waals surface area contributed by atoms with Crippen LogP contribution in [0, 0.1) is 12.4 Å². The zero-order valence-corrected chi connectivity index (χ0v) is 27.8. The van der Waals surface area contributed by atoms with Crippen molar-refractivity contribution in [2.45, 2.75) is 38.1 Å². The number of rotatable bonds is 7. The zero-order valence-electron chi connectivity index (χ0n) is 27.8. The third kappa shape index (κ3) is 6.91. The van der Waals surface area contributed by atoms with Crippen molar-refractivity contribution in [2.75, 3.05) is 52.1 Å². The van der Waals surface area contributed by atoms with Gasteiger partial charge in [-0.25, -0.2) is 24.0 Å². The molecule has 13 heteroatoms. The number of benzene rings is 2. The maximum Gasteiger partial charge on any atom is 0.409 e. The second-order valence-corrected chi connectivity index (χ2v) is 12.7. The van der Waals surface area contributed by atoms with E-state index >= 15 is 4.39 Å². The highest BCUT2D eigenvalue weighted by atomic mass is 19.1. The Bertz CT molecular complexity index is 1930. The predicted octanol–water partition coefficient (Wildman–Crippen LogP) is 5.58. The molecule has 1 atom stereocenters. The van der Waals surface area contributed by atoms with Crippen molar-refractivity contribution >= 4 is 23.3 Å². The Balaban J connectivity index is 1.23. The molecule has 0 unspecified atom stereocenters. The first-order chi connectivity index (χ1) is 23.6. The molecule has 2 aromatic carbocycles. The SMILES string of the molecule is [C-]#[N+]/C(=C\C(C)(C)N1CCN(C(=O)OC)CC1)C(=O)N1CCC[C@@H](c2nc(-c3ccc(Oc4ccccc4)cc3F)c3c(N)nccn23)C1. The molecule has 49 heavy (non-hydrogen) atoms. The summed E-state index contributed by atoms with van der Waals surface area (Å²) in [5.74, 6) is 0.713. The van der Waals surface area contributed by atoms with Crippen LogP contribution in [0.4, 0.5) is 15.0 Å². The van der Waals surface area contributed by atoms with Gasteiger partial charge in [-0.15, -0.1) is 0 Å². The minimum atomic E-state index is -0.600. The number of nitrogen functional groups attached to an aromatic ring is 1. The number of anilines is 1. The maximum absolute atomic E-state index is 15.7. The van der Waals surface area contributed by atoms with Gasteiger partial charge in [-0.1, -0.05) is 24.3 Å². The van der Waals surface area contributed by atoms with E-state index in [9.17, 15) is 9.59 Å². The molecule has 2 saturated heterocycles. The lowest BCUT2D eigenvalue weighted by molar-refractivity contribution is -0.128. The second kappa shape index (κ2) is 13.9. The lowest BCUT2D eigenvalue weighted by Gasteiger charge is -2.42. The summed E-state index contributed by atoms with van der Waals surface area (Å²) in [6, 6.07) is 13.8. The standard InChI is InChI=1S/C36H39FN8O4/c1-36(2,44-19-17-42(18-20-44)35(47)48-4)22-29(39-3)34(46)43-15-8-9-24(23-43)33-41-30(31-32(38)40-14-16-45(31)33)27-13-12-26(21-28(27)37)49-25-10-6-5-7-11-25/h5-7,10-14,16,21-22,24H,8-9,15,17-20,23H2,1-2,4H3,(H2,38,40)/b29-22-/t24-/m1/s1. The Kier molecular flexibility index (Phi) is 9.51. The Morgan fingerprint density at radius 2 is 1.82 bits per heavy atom. The molecule has 2 aromatic heterocycles. The number of methoxy groups -OCH3 is 1. The van der Waals surface area contributed by atoms with Gasteiger partial charge in [0.2, 0.25) is 5.70 Å². The van der Waals surface area contributed by atoms with Crippen LogP contribution < -0.4 is 10.5 Å². The molecule has 0 saturated carbocycles. The zero-order chi connectivity index (χ0) is 34.7. The van der Waals surface area contributed by atoms with E-state index in [1.165, 1.54) is 13.2 Å². The van der Waals surface area contributed by atoms with Crippen molar-refractivity contribution in [1.29, 1.82) is 0 Å². The second-order valence-electron chi connectivity index (χ2n) is 12.7. The summed E-state index contributed by atoms with van der Waals surface area (Å²) in [5, 5.41) is 0. The molecule has 4 heterocycles. The van der Waals surface area contributed by atoms with Crippen molar-refractivity contribution in [3.63, 3.8) is 0 Å². The molecule has 0 bridgehead atoms. The fraction of sp³-hybridized carbons (Fsp3) is 0.361. The summed E-state index contributed by atoms with van der Waals surface area (Å²) < 4.78 is 28.2. The van der Waals surface area contributed by atoms with Gasteiger partial charge in [0, 0.05) is 74.7 Å². The molecule has 6 rings (SSSR count). The number of likely N-dealkylation sites (tertiary alicyclic amines) is 1. The van der Waals surface area contributed by atoms with Gasteiger partial charge in [-0.3, -0.25) is 14.1 Å². The van der Waals surface area contributed by atoms with E-state index < -0.39 is 11.4 Å². The Labute approximate surface area is 284 Å². The molecule has 2 aliphatic rings.